The van der Waals surface area contributed by atoms with Gasteiger partial charge < -0.3 is 9.64 Å². The molecule has 0 atom stereocenters. The third-order valence-corrected chi connectivity index (χ3v) is 9.86. The van der Waals surface area contributed by atoms with E-state index in [4.69, 9.17) is 14.7 Å². The summed E-state index contributed by atoms with van der Waals surface area (Å²) in [6, 6.07) is 56.5. The Kier molecular flexibility index (Phi) is 6.61. The van der Waals surface area contributed by atoms with Gasteiger partial charge in [0.25, 0.3) is 0 Å². The molecule has 8 aromatic rings. The first-order valence-electron chi connectivity index (χ1n) is 17.0. The summed E-state index contributed by atoms with van der Waals surface area (Å²) in [6.45, 7) is 0. The molecular weight excluding hydrogens is 627 g/mol. The first kappa shape index (κ1) is 29.0. The van der Waals surface area contributed by atoms with Crippen LogP contribution in [-0.4, -0.2) is 19.9 Å². The minimum atomic E-state index is -0.573. The maximum absolute atomic E-state index is 6.54. The van der Waals surface area contributed by atoms with Crippen molar-refractivity contribution in [3.63, 3.8) is 0 Å². The summed E-state index contributed by atoms with van der Waals surface area (Å²) >= 11 is 0. The number of hydrogen-bond donors (Lipinski definition) is 0. The Labute approximate surface area is 295 Å². The van der Waals surface area contributed by atoms with E-state index in [1.165, 1.54) is 11.1 Å². The highest BCUT2D eigenvalue weighted by atomic mass is 16.5. The normalized spacial score (nSPS) is 13.4. The van der Waals surface area contributed by atoms with Gasteiger partial charge in [-0.3, -0.25) is 9.97 Å². The van der Waals surface area contributed by atoms with E-state index in [1.807, 2.05) is 54.6 Å². The maximum atomic E-state index is 6.54. The minimum Gasteiger partial charge on any atom is -0.457 e. The van der Waals surface area contributed by atoms with E-state index in [0.717, 1.165) is 68.0 Å². The second kappa shape index (κ2) is 11.6. The van der Waals surface area contributed by atoms with Crippen LogP contribution >= 0.6 is 0 Å². The molecule has 6 heteroatoms. The molecule has 0 saturated heterocycles. The number of aromatic nitrogens is 4. The van der Waals surface area contributed by atoms with Crippen molar-refractivity contribution in [1.82, 2.24) is 19.9 Å². The number of rotatable bonds is 4. The highest BCUT2D eigenvalue weighted by Crippen LogP contribution is 2.62. The summed E-state index contributed by atoms with van der Waals surface area (Å²) in [5.41, 5.74) is 11.3. The van der Waals surface area contributed by atoms with Gasteiger partial charge in [0.15, 0.2) is 5.82 Å². The summed E-state index contributed by atoms with van der Waals surface area (Å²) < 4.78 is 6.54. The molecule has 240 valence electrons. The molecule has 0 amide bonds. The zero-order chi connectivity index (χ0) is 33.8. The second-order valence-electron chi connectivity index (χ2n) is 12.7. The maximum Gasteiger partial charge on any atom is 0.160 e. The molecule has 0 saturated carbocycles. The Morgan fingerprint density at radius 1 is 0.431 bits per heavy atom. The molecule has 2 aliphatic rings. The monoisotopic (exact) mass is 655 g/mol. The topological polar surface area (TPSA) is 64.0 Å². The largest absolute Gasteiger partial charge is 0.457 e. The van der Waals surface area contributed by atoms with Crippen molar-refractivity contribution in [3.8, 4) is 45.7 Å². The molecule has 0 unspecified atom stereocenters. The molecule has 10 rings (SSSR count). The van der Waals surface area contributed by atoms with E-state index in [0.29, 0.717) is 5.82 Å². The van der Waals surface area contributed by atoms with Gasteiger partial charge in [0.2, 0.25) is 0 Å². The van der Waals surface area contributed by atoms with Crippen LogP contribution in [0.2, 0.25) is 0 Å². The standard InChI is InChI=1S/C45H29N5O/c1-5-19-40-32(13-1)45(34-15-3-7-21-42(34)51-43-22-8-4-16-35(43)45)33-14-2-6-20-41(33)50(40)31-25-23-30(24-26-31)44-48-38(36-17-9-11-27-46-36)29-39(49-44)37-18-10-12-28-47-37/h1-29H. The molecule has 0 N–H and O–H groups in total. The van der Waals surface area contributed by atoms with E-state index >= 15 is 0 Å². The number of fused-ring (bicyclic) bond motifs is 8. The van der Waals surface area contributed by atoms with Gasteiger partial charge in [-0.1, -0.05) is 84.9 Å². The van der Waals surface area contributed by atoms with Crippen molar-refractivity contribution in [1.29, 1.82) is 0 Å². The fraction of sp³-hybridized carbons (Fsp3) is 0.0222. The fourth-order valence-electron chi connectivity index (χ4n) is 7.73. The molecule has 51 heavy (non-hydrogen) atoms. The van der Waals surface area contributed by atoms with Crippen molar-refractivity contribution in [2.45, 2.75) is 5.41 Å². The second-order valence-corrected chi connectivity index (χ2v) is 12.7. The number of ether oxygens (including phenoxy) is 1. The minimum absolute atomic E-state index is 0.573. The Bertz CT molecular complexity index is 2420. The molecule has 0 aliphatic carbocycles. The first-order chi connectivity index (χ1) is 25.3. The summed E-state index contributed by atoms with van der Waals surface area (Å²) in [6.07, 6.45) is 3.56. The lowest BCUT2D eigenvalue weighted by atomic mass is 9.61. The number of benzene rings is 5. The van der Waals surface area contributed by atoms with Gasteiger partial charge >= 0.3 is 0 Å². The lowest BCUT2D eigenvalue weighted by molar-refractivity contribution is 0.434. The molecule has 5 aromatic carbocycles. The van der Waals surface area contributed by atoms with Gasteiger partial charge in [-0.25, -0.2) is 9.97 Å². The Balaban J connectivity index is 1.14. The summed E-state index contributed by atoms with van der Waals surface area (Å²) in [7, 11) is 0. The van der Waals surface area contributed by atoms with E-state index in [2.05, 4.69) is 124 Å². The number of para-hydroxylation sites is 4. The van der Waals surface area contributed by atoms with Crippen LogP contribution in [0.4, 0.5) is 17.1 Å². The van der Waals surface area contributed by atoms with Gasteiger partial charge in [0.1, 0.15) is 11.5 Å². The van der Waals surface area contributed by atoms with E-state index in [-0.39, 0.29) is 0 Å². The number of hydrogen-bond acceptors (Lipinski definition) is 6. The molecule has 0 radical (unpaired) electrons. The van der Waals surface area contributed by atoms with Crippen molar-refractivity contribution < 1.29 is 4.74 Å². The molecule has 6 nitrogen and oxygen atoms in total. The van der Waals surface area contributed by atoms with Gasteiger partial charge in [-0.05, 0) is 90.0 Å². The number of pyridine rings is 2. The van der Waals surface area contributed by atoms with Crippen LogP contribution < -0.4 is 9.64 Å². The van der Waals surface area contributed by atoms with Crippen molar-refractivity contribution in [2.24, 2.45) is 0 Å². The molecule has 1 spiro atoms. The predicted octanol–water partition coefficient (Wildman–Crippen LogP) is 10.5. The van der Waals surface area contributed by atoms with Crippen LogP contribution in [0.25, 0.3) is 34.2 Å². The van der Waals surface area contributed by atoms with Crippen LogP contribution in [-0.2, 0) is 5.41 Å². The summed E-state index contributed by atoms with van der Waals surface area (Å²) in [5, 5.41) is 0. The highest BCUT2D eigenvalue weighted by Gasteiger charge is 2.50. The van der Waals surface area contributed by atoms with Crippen molar-refractivity contribution >= 4 is 17.1 Å². The van der Waals surface area contributed by atoms with E-state index in [9.17, 15) is 0 Å². The van der Waals surface area contributed by atoms with Crippen LogP contribution in [0.5, 0.6) is 11.5 Å². The van der Waals surface area contributed by atoms with Crippen LogP contribution in [0.1, 0.15) is 22.3 Å². The summed E-state index contributed by atoms with van der Waals surface area (Å²) in [4.78, 5) is 21.5. The lowest BCUT2D eigenvalue weighted by Crippen LogP contribution is -2.39. The third-order valence-electron chi connectivity index (χ3n) is 9.86. The van der Waals surface area contributed by atoms with Gasteiger partial charge in [0.05, 0.1) is 39.6 Å². The average molecular weight is 656 g/mol. The first-order valence-corrected chi connectivity index (χ1v) is 17.0. The molecular formula is C45H29N5O. The summed E-state index contributed by atoms with van der Waals surface area (Å²) in [5.74, 6) is 2.35. The average Bonchev–Trinajstić information content (AvgIpc) is 3.21. The van der Waals surface area contributed by atoms with Crippen LogP contribution in [0, 0.1) is 0 Å². The Morgan fingerprint density at radius 2 is 0.902 bits per heavy atom. The molecule has 3 aromatic heterocycles. The van der Waals surface area contributed by atoms with Crippen molar-refractivity contribution in [3.05, 3.63) is 198 Å². The van der Waals surface area contributed by atoms with E-state index in [1.54, 1.807) is 12.4 Å². The molecule has 5 heterocycles. The van der Waals surface area contributed by atoms with Gasteiger partial charge in [-0.2, -0.15) is 0 Å². The SMILES string of the molecule is c1ccc(-c2cc(-c3ccccn3)nc(-c3ccc(N4c5ccccc5C5(c6ccccc6Oc6ccccc65)c5ccccc54)cc3)n2)nc1. The number of nitrogens with zero attached hydrogens (tertiary/aromatic N) is 5. The van der Waals surface area contributed by atoms with Crippen molar-refractivity contribution in [2.75, 3.05) is 4.90 Å². The molecule has 0 bridgehead atoms. The fourth-order valence-corrected chi connectivity index (χ4v) is 7.73. The van der Waals surface area contributed by atoms with Gasteiger partial charge in [0, 0.05) is 34.8 Å². The zero-order valence-corrected chi connectivity index (χ0v) is 27.4. The Morgan fingerprint density at radius 3 is 1.41 bits per heavy atom. The molecule has 0 fully saturated rings. The highest BCUT2D eigenvalue weighted by molar-refractivity contribution is 5.91. The third kappa shape index (κ3) is 4.50. The quantitative estimate of drug-likeness (QED) is 0.188. The van der Waals surface area contributed by atoms with Crippen LogP contribution in [0.3, 0.4) is 0 Å². The van der Waals surface area contributed by atoms with Gasteiger partial charge in [-0.15, -0.1) is 0 Å². The Hall–Kier alpha value is -6.92. The van der Waals surface area contributed by atoms with E-state index < -0.39 is 5.41 Å². The molecule has 2 aliphatic heterocycles. The lowest BCUT2D eigenvalue weighted by Gasteiger charge is -2.48. The van der Waals surface area contributed by atoms with Crippen LogP contribution in [0.15, 0.2) is 176 Å². The number of anilines is 3. The smallest absolute Gasteiger partial charge is 0.160 e. The zero-order valence-electron chi connectivity index (χ0n) is 27.4. The predicted molar refractivity (Wildman–Crippen MR) is 201 cm³/mol.